The molecule has 0 saturated heterocycles. The summed E-state index contributed by atoms with van der Waals surface area (Å²) in [7, 11) is 3.04. The molecule has 2 N–H and O–H groups in total. The molecule has 0 bridgehead atoms. The molecule has 3 aromatic rings. The van der Waals surface area contributed by atoms with Crippen LogP contribution in [0.3, 0.4) is 0 Å². The average Bonchev–Trinajstić information content (AvgIpc) is 2.83. The maximum Gasteiger partial charge on any atom is 0.338 e. The van der Waals surface area contributed by atoms with E-state index < -0.39 is 5.97 Å². The van der Waals surface area contributed by atoms with Crippen LogP contribution in [0.1, 0.15) is 43.6 Å². The lowest BCUT2D eigenvalue weighted by atomic mass is 9.89. The summed E-state index contributed by atoms with van der Waals surface area (Å²) < 4.78 is 11.0. The first kappa shape index (κ1) is 25.8. The van der Waals surface area contributed by atoms with Gasteiger partial charge in [-0.15, -0.1) is 0 Å². The number of ether oxygens (including phenoxy) is 2. The number of pyridine rings is 1. The highest BCUT2D eigenvalue weighted by molar-refractivity contribution is 6.02. The Morgan fingerprint density at radius 1 is 1.06 bits per heavy atom. The van der Waals surface area contributed by atoms with E-state index in [-0.39, 0.29) is 6.04 Å². The van der Waals surface area contributed by atoms with Crippen LogP contribution in [0, 0.1) is 6.92 Å². The molecule has 0 unspecified atom stereocenters. The van der Waals surface area contributed by atoms with Gasteiger partial charge in [0.1, 0.15) is 11.6 Å². The molecule has 0 aliphatic rings. The summed E-state index contributed by atoms with van der Waals surface area (Å²) in [5.74, 6) is 1.06. The minimum Gasteiger partial charge on any atom is -0.496 e. The molecule has 0 atom stereocenters. The number of hydrogen-bond acceptors (Lipinski definition) is 6. The van der Waals surface area contributed by atoms with Gasteiger partial charge < -0.3 is 20.1 Å². The summed E-state index contributed by atoms with van der Waals surface area (Å²) in [6.07, 6.45) is 3.90. The third-order valence-corrected chi connectivity index (χ3v) is 5.65. The van der Waals surface area contributed by atoms with Crippen molar-refractivity contribution in [2.24, 2.45) is 0 Å². The highest BCUT2D eigenvalue weighted by Gasteiger charge is 2.23. The molecule has 0 aliphatic carbocycles. The number of allylic oxidation sites excluding steroid dienone is 1. The number of aromatic nitrogens is 1. The number of rotatable bonds is 9. The molecule has 2 aromatic carbocycles. The fourth-order valence-corrected chi connectivity index (χ4v) is 3.96. The van der Waals surface area contributed by atoms with Gasteiger partial charge in [-0.05, 0) is 76.1 Å². The Morgan fingerprint density at radius 3 is 2.29 bits per heavy atom. The first-order valence-electron chi connectivity index (χ1n) is 11.8. The Hall–Kier alpha value is -3.80. The van der Waals surface area contributed by atoms with Gasteiger partial charge in [-0.3, -0.25) is 0 Å². The summed E-state index contributed by atoms with van der Waals surface area (Å²) in [5, 5.41) is 6.67. The van der Waals surface area contributed by atoms with E-state index in [0.29, 0.717) is 11.3 Å². The second-order valence-corrected chi connectivity index (χ2v) is 8.96. The van der Waals surface area contributed by atoms with Crippen LogP contribution >= 0.6 is 0 Å². The molecule has 0 radical (unpaired) electrons. The van der Waals surface area contributed by atoms with Crippen LogP contribution in [-0.2, 0) is 4.74 Å². The summed E-state index contributed by atoms with van der Waals surface area (Å²) in [6, 6.07) is 14.1. The van der Waals surface area contributed by atoms with Crippen molar-refractivity contribution in [3.63, 3.8) is 0 Å². The maximum absolute atomic E-state index is 12.9. The summed E-state index contributed by atoms with van der Waals surface area (Å²) >= 11 is 0. The maximum atomic E-state index is 12.9. The molecule has 6 nitrogen and oxygen atoms in total. The summed E-state index contributed by atoms with van der Waals surface area (Å²) in [5.41, 5.74) is 6.93. The van der Waals surface area contributed by atoms with Crippen LogP contribution in [0.4, 0.5) is 11.5 Å². The van der Waals surface area contributed by atoms with Crippen molar-refractivity contribution in [1.82, 2.24) is 4.98 Å². The van der Waals surface area contributed by atoms with E-state index in [2.05, 4.69) is 49.4 Å². The zero-order valence-electron chi connectivity index (χ0n) is 21.7. The van der Waals surface area contributed by atoms with E-state index >= 15 is 0 Å². The van der Waals surface area contributed by atoms with Crippen LogP contribution in [0.15, 0.2) is 60.3 Å². The third kappa shape index (κ3) is 6.21. The highest BCUT2D eigenvalue weighted by atomic mass is 16.5. The number of nitrogens with zero attached hydrogens (tertiary/aromatic N) is 1. The van der Waals surface area contributed by atoms with E-state index in [1.165, 1.54) is 12.7 Å². The van der Waals surface area contributed by atoms with Crippen molar-refractivity contribution in [3.05, 3.63) is 71.4 Å². The molecule has 0 aliphatic heterocycles. The predicted octanol–water partition coefficient (Wildman–Crippen LogP) is 6.72. The first-order chi connectivity index (χ1) is 16.7. The van der Waals surface area contributed by atoms with E-state index in [1.807, 2.05) is 49.4 Å². The number of esters is 1. The van der Waals surface area contributed by atoms with E-state index in [1.54, 1.807) is 13.3 Å². The van der Waals surface area contributed by atoms with E-state index in [9.17, 15) is 4.79 Å². The lowest BCUT2D eigenvalue weighted by Crippen LogP contribution is -2.11. The molecule has 0 saturated carbocycles. The zero-order chi connectivity index (χ0) is 25.5. The second kappa shape index (κ2) is 11.6. The third-order valence-electron chi connectivity index (χ3n) is 5.65. The Balaban J connectivity index is 2.07. The smallest absolute Gasteiger partial charge is 0.338 e. The van der Waals surface area contributed by atoms with E-state index in [0.717, 1.165) is 45.9 Å². The molecular formula is C29H35N3O3. The zero-order valence-corrected chi connectivity index (χ0v) is 21.7. The molecule has 184 valence electrons. The SMILES string of the molecule is COC(=O)c1c(-c2ccc(NC(C)C)nc2)cc(OC)c(-c2ccc(NCC=C(C)C)cc2)c1C. The van der Waals surface area contributed by atoms with Crippen LogP contribution in [0.25, 0.3) is 22.3 Å². The fraction of sp³-hybridized carbons (Fsp3) is 0.310. The molecule has 1 heterocycles. The average molecular weight is 474 g/mol. The Labute approximate surface area is 208 Å². The number of hydrogen-bond donors (Lipinski definition) is 2. The quantitative estimate of drug-likeness (QED) is 0.266. The van der Waals surface area contributed by atoms with E-state index in [4.69, 9.17) is 9.47 Å². The topological polar surface area (TPSA) is 72.5 Å². The van der Waals surface area contributed by atoms with Gasteiger partial charge in [-0.25, -0.2) is 9.78 Å². The van der Waals surface area contributed by atoms with Gasteiger partial charge in [0.2, 0.25) is 0 Å². The Bertz CT molecular complexity index is 1190. The summed E-state index contributed by atoms with van der Waals surface area (Å²) in [6.45, 7) is 11.0. The van der Waals surface area contributed by atoms with Crippen LogP contribution < -0.4 is 15.4 Å². The Morgan fingerprint density at radius 2 is 1.74 bits per heavy atom. The lowest BCUT2D eigenvalue weighted by molar-refractivity contribution is 0.0601. The molecule has 3 rings (SSSR count). The number of nitrogens with one attached hydrogen (secondary N) is 2. The molecular weight excluding hydrogens is 438 g/mol. The molecule has 0 fully saturated rings. The van der Waals surface area contributed by atoms with Crippen molar-refractivity contribution >= 4 is 17.5 Å². The molecule has 6 heteroatoms. The molecule has 0 spiro atoms. The number of carbonyl (C=O) groups is 1. The van der Waals surface area contributed by atoms with Crippen molar-refractivity contribution in [2.45, 2.75) is 40.7 Å². The van der Waals surface area contributed by atoms with Gasteiger partial charge in [0.05, 0.1) is 19.8 Å². The lowest BCUT2D eigenvalue weighted by Gasteiger charge is -2.19. The fourth-order valence-electron chi connectivity index (χ4n) is 3.96. The van der Waals surface area contributed by atoms with Gasteiger partial charge in [0, 0.05) is 41.2 Å². The minimum atomic E-state index is -0.397. The van der Waals surface area contributed by atoms with Crippen LogP contribution in [0.5, 0.6) is 5.75 Å². The standard InChI is InChI=1S/C29H35N3O3/c1-18(2)14-15-30-23-11-8-21(9-12-23)27-20(5)28(29(33)35-7)24(16-25(27)34-6)22-10-13-26(31-17-22)32-19(3)4/h8-14,16-17,19,30H,15H2,1-7H3,(H,31,32). The van der Waals surface area contributed by atoms with Gasteiger partial charge >= 0.3 is 5.97 Å². The molecule has 0 amide bonds. The predicted molar refractivity (Wildman–Crippen MR) is 144 cm³/mol. The normalized spacial score (nSPS) is 10.6. The van der Waals surface area contributed by atoms with Gasteiger partial charge in [-0.1, -0.05) is 23.8 Å². The molecule has 35 heavy (non-hydrogen) atoms. The Kier molecular flexibility index (Phi) is 8.53. The largest absolute Gasteiger partial charge is 0.496 e. The monoisotopic (exact) mass is 473 g/mol. The molecule has 1 aromatic heterocycles. The number of benzene rings is 2. The second-order valence-electron chi connectivity index (χ2n) is 8.96. The van der Waals surface area contributed by atoms with Crippen LogP contribution in [-0.4, -0.2) is 37.8 Å². The number of carbonyl (C=O) groups excluding carboxylic acids is 1. The van der Waals surface area contributed by atoms with Gasteiger partial charge in [0.15, 0.2) is 0 Å². The minimum absolute atomic E-state index is 0.273. The number of anilines is 2. The number of methoxy groups -OCH3 is 2. The first-order valence-corrected chi connectivity index (χ1v) is 11.8. The van der Waals surface area contributed by atoms with Crippen molar-refractivity contribution in [1.29, 1.82) is 0 Å². The van der Waals surface area contributed by atoms with Gasteiger partial charge in [-0.2, -0.15) is 0 Å². The van der Waals surface area contributed by atoms with Gasteiger partial charge in [0.25, 0.3) is 0 Å². The van der Waals surface area contributed by atoms with Crippen molar-refractivity contribution < 1.29 is 14.3 Å². The van der Waals surface area contributed by atoms with Crippen molar-refractivity contribution in [3.8, 4) is 28.0 Å². The van der Waals surface area contributed by atoms with Crippen LogP contribution in [0.2, 0.25) is 0 Å². The van der Waals surface area contributed by atoms with Crippen molar-refractivity contribution in [2.75, 3.05) is 31.4 Å². The summed E-state index contributed by atoms with van der Waals surface area (Å²) in [4.78, 5) is 17.5. The highest BCUT2D eigenvalue weighted by Crippen LogP contribution is 2.41.